The van der Waals surface area contributed by atoms with Gasteiger partial charge in [0.2, 0.25) is 0 Å². The van der Waals surface area contributed by atoms with Gasteiger partial charge in [-0.15, -0.1) is 0 Å². The van der Waals surface area contributed by atoms with E-state index in [4.69, 9.17) is 21.4 Å². The van der Waals surface area contributed by atoms with Crippen molar-refractivity contribution >= 4 is 28.6 Å². The van der Waals surface area contributed by atoms with Gasteiger partial charge in [0.25, 0.3) is 0 Å². The monoisotopic (exact) mass is 481 g/mol. The number of nitrogens with one attached hydrogen (secondary N) is 1. The molecule has 5 rings (SSSR count). The summed E-state index contributed by atoms with van der Waals surface area (Å²) in [5.74, 6) is -0.471. The standard InChI is InChI=1S/C24H21ClFN5O3/c25-17-8-20-21(9-18(17)26)31-23(30-20)14-3-6-19(27-10-14)15-11-28-24(29-12-15)34-16-4-1-13(2-5-16)7-22(32)33/h3,6,8-13,16H,1-2,4-5,7H2,(H,30,31)(H,32,33). The lowest BCUT2D eigenvalue weighted by Gasteiger charge is -2.27. The molecule has 0 radical (unpaired) electrons. The van der Waals surface area contributed by atoms with Gasteiger partial charge in [-0.25, -0.2) is 19.3 Å². The molecule has 2 N–H and O–H groups in total. The molecule has 1 aliphatic rings. The Labute approximate surface area is 199 Å². The second-order valence-electron chi connectivity index (χ2n) is 8.41. The summed E-state index contributed by atoms with van der Waals surface area (Å²) < 4.78 is 19.6. The van der Waals surface area contributed by atoms with E-state index in [-0.39, 0.29) is 23.5 Å². The van der Waals surface area contributed by atoms with E-state index in [0.29, 0.717) is 28.6 Å². The minimum absolute atomic E-state index is 0.000434. The number of hydrogen-bond donors (Lipinski definition) is 2. The van der Waals surface area contributed by atoms with Crippen molar-refractivity contribution in [2.24, 2.45) is 5.92 Å². The number of benzene rings is 1. The third-order valence-corrected chi connectivity index (χ3v) is 6.30. The predicted octanol–water partition coefficient (Wildman–Crippen LogP) is 5.29. The molecule has 34 heavy (non-hydrogen) atoms. The number of hydrogen-bond acceptors (Lipinski definition) is 6. The smallest absolute Gasteiger partial charge is 0.316 e. The SMILES string of the molecule is O=C(O)CC1CCC(Oc2ncc(-c3ccc(-c4nc5cc(Cl)c(F)cc5[nH]4)cn3)cn2)CC1. The molecule has 10 heteroatoms. The molecule has 0 bridgehead atoms. The highest BCUT2D eigenvalue weighted by atomic mass is 35.5. The van der Waals surface area contributed by atoms with E-state index < -0.39 is 11.8 Å². The van der Waals surface area contributed by atoms with Gasteiger partial charge in [0.15, 0.2) is 0 Å². The van der Waals surface area contributed by atoms with E-state index in [2.05, 4.69) is 24.9 Å². The maximum Gasteiger partial charge on any atom is 0.316 e. The number of aromatic nitrogens is 5. The van der Waals surface area contributed by atoms with Crippen LogP contribution in [0.4, 0.5) is 4.39 Å². The van der Waals surface area contributed by atoms with Crippen LogP contribution in [0, 0.1) is 11.7 Å². The first-order valence-corrected chi connectivity index (χ1v) is 11.3. The van der Waals surface area contributed by atoms with Gasteiger partial charge in [-0.2, -0.15) is 0 Å². The average molecular weight is 482 g/mol. The van der Waals surface area contributed by atoms with Gasteiger partial charge in [0.1, 0.15) is 17.7 Å². The van der Waals surface area contributed by atoms with Crippen molar-refractivity contribution in [2.45, 2.75) is 38.2 Å². The minimum atomic E-state index is -0.747. The van der Waals surface area contributed by atoms with Gasteiger partial charge < -0.3 is 14.8 Å². The number of fused-ring (bicyclic) bond motifs is 1. The summed E-state index contributed by atoms with van der Waals surface area (Å²) in [6.07, 6.45) is 8.47. The number of nitrogens with zero attached hydrogens (tertiary/aromatic N) is 4. The molecule has 1 saturated carbocycles. The molecular formula is C24H21ClFN5O3. The molecule has 1 fully saturated rings. The molecule has 0 atom stereocenters. The van der Waals surface area contributed by atoms with Crippen LogP contribution in [0.3, 0.4) is 0 Å². The van der Waals surface area contributed by atoms with Crippen LogP contribution in [0.1, 0.15) is 32.1 Å². The van der Waals surface area contributed by atoms with E-state index in [0.717, 1.165) is 36.8 Å². The summed E-state index contributed by atoms with van der Waals surface area (Å²) in [4.78, 5) is 31.5. The van der Waals surface area contributed by atoms with Gasteiger partial charge >= 0.3 is 12.0 Å². The summed E-state index contributed by atoms with van der Waals surface area (Å²) in [7, 11) is 0. The second-order valence-corrected chi connectivity index (χ2v) is 8.82. The van der Waals surface area contributed by atoms with Crippen LogP contribution in [0.25, 0.3) is 33.7 Å². The number of halogens is 2. The Morgan fingerprint density at radius 3 is 2.50 bits per heavy atom. The maximum absolute atomic E-state index is 13.7. The molecule has 0 spiro atoms. The number of carbonyl (C=O) groups is 1. The Bertz CT molecular complexity index is 1280. The number of H-pyrrole nitrogens is 1. The first-order chi connectivity index (χ1) is 16.4. The number of aliphatic carboxylic acids is 1. The zero-order valence-corrected chi connectivity index (χ0v) is 18.8. The number of rotatable bonds is 6. The Morgan fingerprint density at radius 1 is 1.09 bits per heavy atom. The van der Waals surface area contributed by atoms with Crippen LogP contribution < -0.4 is 4.74 Å². The molecule has 0 saturated heterocycles. The Balaban J connectivity index is 1.23. The lowest BCUT2D eigenvalue weighted by atomic mass is 9.85. The van der Waals surface area contributed by atoms with Crippen molar-refractivity contribution in [3.63, 3.8) is 0 Å². The van der Waals surface area contributed by atoms with Crippen LogP contribution in [-0.4, -0.2) is 42.1 Å². The summed E-state index contributed by atoms with van der Waals surface area (Å²) in [6, 6.07) is 6.79. The predicted molar refractivity (Wildman–Crippen MR) is 124 cm³/mol. The quantitative estimate of drug-likeness (QED) is 0.384. The van der Waals surface area contributed by atoms with Crippen LogP contribution in [0.5, 0.6) is 6.01 Å². The second kappa shape index (κ2) is 9.34. The summed E-state index contributed by atoms with van der Waals surface area (Å²) in [6.45, 7) is 0. The number of pyridine rings is 1. The fourth-order valence-corrected chi connectivity index (χ4v) is 4.36. The maximum atomic E-state index is 13.7. The third-order valence-electron chi connectivity index (χ3n) is 6.01. The van der Waals surface area contributed by atoms with Crippen LogP contribution in [0.15, 0.2) is 42.9 Å². The lowest BCUT2D eigenvalue weighted by molar-refractivity contribution is -0.138. The zero-order valence-electron chi connectivity index (χ0n) is 18.0. The number of aromatic amines is 1. The van der Waals surface area contributed by atoms with E-state index in [1.807, 2.05) is 12.1 Å². The highest BCUT2D eigenvalue weighted by molar-refractivity contribution is 6.31. The van der Waals surface area contributed by atoms with Gasteiger partial charge in [0, 0.05) is 42.2 Å². The summed E-state index contributed by atoms with van der Waals surface area (Å²) in [5, 5.41) is 8.96. The van der Waals surface area contributed by atoms with Crippen molar-refractivity contribution in [1.82, 2.24) is 24.9 Å². The molecular weight excluding hydrogens is 461 g/mol. The molecule has 174 valence electrons. The van der Waals surface area contributed by atoms with Crippen molar-refractivity contribution in [3.05, 3.63) is 53.7 Å². The van der Waals surface area contributed by atoms with Crippen molar-refractivity contribution in [1.29, 1.82) is 0 Å². The zero-order chi connectivity index (χ0) is 23.7. The number of carboxylic acid groups (broad SMARTS) is 1. The Hall–Kier alpha value is -3.59. The lowest BCUT2D eigenvalue weighted by Crippen LogP contribution is -2.25. The molecule has 0 unspecified atom stereocenters. The number of carboxylic acids is 1. The molecule has 3 heterocycles. The van der Waals surface area contributed by atoms with E-state index in [1.54, 1.807) is 18.6 Å². The first-order valence-electron chi connectivity index (χ1n) is 11.0. The van der Waals surface area contributed by atoms with E-state index in [1.165, 1.54) is 12.1 Å². The van der Waals surface area contributed by atoms with Gasteiger partial charge in [-0.05, 0) is 49.8 Å². The molecule has 0 aliphatic heterocycles. The normalized spacial score (nSPS) is 18.2. The molecule has 3 aromatic heterocycles. The largest absolute Gasteiger partial charge is 0.481 e. The van der Waals surface area contributed by atoms with E-state index in [9.17, 15) is 9.18 Å². The summed E-state index contributed by atoms with van der Waals surface area (Å²) >= 11 is 5.84. The van der Waals surface area contributed by atoms with Crippen molar-refractivity contribution in [3.8, 4) is 28.7 Å². The van der Waals surface area contributed by atoms with Crippen LogP contribution >= 0.6 is 11.6 Å². The van der Waals surface area contributed by atoms with Crippen LogP contribution in [-0.2, 0) is 4.79 Å². The highest BCUT2D eigenvalue weighted by Gasteiger charge is 2.24. The fourth-order valence-electron chi connectivity index (χ4n) is 4.21. The van der Waals surface area contributed by atoms with Crippen molar-refractivity contribution < 1.29 is 19.0 Å². The Morgan fingerprint density at radius 2 is 1.82 bits per heavy atom. The topological polar surface area (TPSA) is 114 Å². The van der Waals surface area contributed by atoms with Crippen LogP contribution in [0.2, 0.25) is 5.02 Å². The minimum Gasteiger partial charge on any atom is -0.481 e. The average Bonchev–Trinajstić information content (AvgIpc) is 3.23. The van der Waals surface area contributed by atoms with Gasteiger partial charge in [-0.3, -0.25) is 9.78 Å². The molecule has 4 aromatic rings. The van der Waals surface area contributed by atoms with Crippen molar-refractivity contribution in [2.75, 3.05) is 0 Å². The number of ether oxygens (including phenoxy) is 1. The molecule has 8 nitrogen and oxygen atoms in total. The highest BCUT2D eigenvalue weighted by Crippen LogP contribution is 2.29. The fraction of sp³-hybridized carbons (Fsp3) is 0.292. The summed E-state index contributed by atoms with van der Waals surface area (Å²) in [5.41, 5.74) is 3.30. The van der Waals surface area contributed by atoms with E-state index >= 15 is 0 Å². The third kappa shape index (κ3) is 4.84. The molecule has 0 amide bonds. The molecule has 1 aliphatic carbocycles. The first kappa shape index (κ1) is 22.2. The Kier molecular flexibility index (Phi) is 6.10. The molecule has 1 aromatic carbocycles. The number of imidazole rings is 1. The van der Waals surface area contributed by atoms with Gasteiger partial charge in [0.05, 0.1) is 21.7 Å². The van der Waals surface area contributed by atoms with Gasteiger partial charge in [-0.1, -0.05) is 11.6 Å².